The highest BCUT2D eigenvalue weighted by molar-refractivity contribution is 6.67. The number of rotatable bonds is 6. The standard InChI is InChI=1S/C22H21Cl3N2O2/c1-21(2)17(12-22(23,24)25)19(21)20(28)29-18(13-26)14-7-6-10-16(11-14)27-15-8-4-3-5-9-15/h3-11,17-19,27H,12H2,1-2H3. The van der Waals surface area contributed by atoms with Crippen molar-refractivity contribution in [2.24, 2.45) is 17.3 Å². The number of nitriles is 1. The van der Waals surface area contributed by atoms with Gasteiger partial charge in [0.1, 0.15) is 6.07 Å². The van der Waals surface area contributed by atoms with Gasteiger partial charge in [-0.3, -0.25) is 4.79 Å². The summed E-state index contributed by atoms with van der Waals surface area (Å²) in [6.45, 7) is 3.87. The molecule has 152 valence electrons. The third kappa shape index (κ3) is 5.36. The lowest BCUT2D eigenvalue weighted by Crippen LogP contribution is -2.15. The number of hydrogen-bond donors (Lipinski definition) is 1. The zero-order valence-electron chi connectivity index (χ0n) is 16.0. The summed E-state index contributed by atoms with van der Waals surface area (Å²) in [5.74, 6) is -0.949. The molecular formula is C22H21Cl3N2O2. The molecule has 1 fully saturated rings. The van der Waals surface area contributed by atoms with Crippen molar-refractivity contribution in [3.05, 3.63) is 60.2 Å². The number of esters is 1. The van der Waals surface area contributed by atoms with Gasteiger partial charge in [0.25, 0.3) is 0 Å². The summed E-state index contributed by atoms with van der Waals surface area (Å²) in [6.07, 6.45) is -0.747. The molecule has 0 aromatic heterocycles. The average molecular weight is 452 g/mol. The zero-order chi connectivity index (χ0) is 21.2. The zero-order valence-corrected chi connectivity index (χ0v) is 18.3. The van der Waals surface area contributed by atoms with Gasteiger partial charge in [-0.15, -0.1) is 0 Å². The van der Waals surface area contributed by atoms with Crippen molar-refractivity contribution < 1.29 is 9.53 Å². The summed E-state index contributed by atoms with van der Waals surface area (Å²) in [5, 5.41) is 12.8. The summed E-state index contributed by atoms with van der Waals surface area (Å²) in [6, 6.07) is 19.0. The maximum absolute atomic E-state index is 12.7. The van der Waals surface area contributed by atoms with Crippen molar-refractivity contribution in [3.63, 3.8) is 0 Å². The Morgan fingerprint density at radius 2 is 1.83 bits per heavy atom. The van der Waals surface area contributed by atoms with E-state index in [1.807, 2.05) is 56.3 Å². The number of hydrogen-bond acceptors (Lipinski definition) is 4. The van der Waals surface area contributed by atoms with E-state index in [1.165, 1.54) is 0 Å². The fourth-order valence-electron chi connectivity index (χ4n) is 3.67. The Kier molecular flexibility index (Phi) is 6.33. The van der Waals surface area contributed by atoms with Gasteiger partial charge in [0, 0.05) is 16.9 Å². The molecule has 3 atom stereocenters. The van der Waals surface area contributed by atoms with Crippen molar-refractivity contribution in [1.82, 2.24) is 0 Å². The smallest absolute Gasteiger partial charge is 0.311 e. The van der Waals surface area contributed by atoms with Gasteiger partial charge in [-0.1, -0.05) is 79.0 Å². The molecule has 3 unspecified atom stereocenters. The number of anilines is 2. The van der Waals surface area contributed by atoms with E-state index in [4.69, 9.17) is 39.5 Å². The molecule has 1 aliphatic carbocycles. The van der Waals surface area contributed by atoms with E-state index in [2.05, 4.69) is 11.4 Å². The van der Waals surface area contributed by atoms with Gasteiger partial charge < -0.3 is 10.1 Å². The molecule has 1 N–H and O–H groups in total. The Bertz CT molecular complexity index is 920. The number of carbonyl (C=O) groups is 1. The second-order valence-electron chi connectivity index (χ2n) is 7.79. The molecule has 0 spiro atoms. The van der Waals surface area contributed by atoms with Crippen LogP contribution in [0.1, 0.15) is 31.9 Å². The Morgan fingerprint density at radius 3 is 2.45 bits per heavy atom. The van der Waals surface area contributed by atoms with Gasteiger partial charge in [-0.25, -0.2) is 0 Å². The summed E-state index contributed by atoms with van der Waals surface area (Å²) in [5.41, 5.74) is 1.98. The van der Waals surface area contributed by atoms with Gasteiger partial charge in [-0.2, -0.15) is 5.26 Å². The first kappa shape index (κ1) is 21.8. The molecule has 3 rings (SSSR count). The Labute approximate surface area is 185 Å². The van der Waals surface area contributed by atoms with Crippen LogP contribution in [0.5, 0.6) is 0 Å². The van der Waals surface area contributed by atoms with E-state index < -0.39 is 21.8 Å². The van der Waals surface area contributed by atoms with Crippen LogP contribution < -0.4 is 5.32 Å². The number of ether oxygens (including phenoxy) is 1. The van der Waals surface area contributed by atoms with Crippen LogP contribution in [-0.2, 0) is 9.53 Å². The van der Waals surface area contributed by atoms with Gasteiger partial charge in [-0.05, 0) is 42.0 Å². The number of nitrogens with one attached hydrogen (secondary N) is 1. The minimum absolute atomic E-state index is 0.104. The van der Waals surface area contributed by atoms with Gasteiger partial charge in [0.2, 0.25) is 6.10 Å². The molecule has 1 saturated carbocycles. The number of alkyl halides is 3. The van der Waals surface area contributed by atoms with E-state index in [0.29, 0.717) is 5.56 Å². The molecule has 7 heteroatoms. The molecule has 2 aromatic carbocycles. The third-order valence-corrected chi connectivity index (χ3v) is 5.82. The Morgan fingerprint density at radius 1 is 1.17 bits per heavy atom. The average Bonchev–Trinajstić information content (AvgIpc) is 3.18. The monoisotopic (exact) mass is 450 g/mol. The molecule has 0 amide bonds. The van der Waals surface area contributed by atoms with Crippen LogP contribution in [0, 0.1) is 28.6 Å². The fraction of sp³-hybridized carbons (Fsp3) is 0.364. The number of halogens is 3. The number of para-hydroxylation sites is 1. The lowest BCUT2D eigenvalue weighted by atomic mass is 10.1. The minimum atomic E-state index is -1.43. The van der Waals surface area contributed by atoms with Gasteiger partial charge in [0.15, 0.2) is 3.79 Å². The van der Waals surface area contributed by atoms with Crippen LogP contribution in [0.25, 0.3) is 0 Å². The molecule has 4 nitrogen and oxygen atoms in total. The van der Waals surface area contributed by atoms with Crippen molar-refractivity contribution in [2.75, 3.05) is 5.32 Å². The van der Waals surface area contributed by atoms with Crippen LogP contribution in [-0.4, -0.2) is 9.76 Å². The molecule has 0 saturated heterocycles. The largest absolute Gasteiger partial charge is 0.442 e. The highest BCUT2D eigenvalue weighted by Gasteiger charge is 2.64. The van der Waals surface area contributed by atoms with E-state index >= 15 is 0 Å². The predicted octanol–water partition coefficient (Wildman–Crippen LogP) is 6.57. The molecule has 0 aliphatic heterocycles. The second-order valence-corrected chi connectivity index (χ2v) is 10.3. The van der Waals surface area contributed by atoms with Crippen LogP contribution in [0.3, 0.4) is 0 Å². The normalized spacial score (nSPS) is 21.0. The molecule has 0 heterocycles. The topological polar surface area (TPSA) is 62.1 Å². The fourth-order valence-corrected chi connectivity index (χ4v) is 4.17. The Hall–Kier alpha value is -1.93. The van der Waals surface area contributed by atoms with Gasteiger partial charge >= 0.3 is 5.97 Å². The lowest BCUT2D eigenvalue weighted by molar-refractivity contribution is -0.149. The van der Waals surface area contributed by atoms with Crippen LogP contribution in [0.15, 0.2) is 54.6 Å². The van der Waals surface area contributed by atoms with Crippen molar-refractivity contribution in [1.29, 1.82) is 5.26 Å². The first-order valence-corrected chi connectivity index (χ1v) is 10.3. The van der Waals surface area contributed by atoms with E-state index in [9.17, 15) is 10.1 Å². The SMILES string of the molecule is CC1(C)C(CC(Cl)(Cl)Cl)C1C(=O)OC(C#N)c1cccc(Nc2ccccc2)c1. The maximum Gasteiger partial charge on any atom is 0.311 e. The van der Waals surface area contributed by atoms with E-state index in [-0.39, 0.29) is 17.8 Å². The first-order valence-electron chi connectivity index (χ1n) is 9.21. The van der Waals surface area contributed by atoms with Crippen LogP contribution in [0.2, 0.25) is 0 Å². The highest BCUT2D eigenvalue weighted by Crippen LogP contribution is 2.63. The Balaban J connectivity index is 1.70. The molecule has 1 aliphatic rings. The highest BCUT2D eigenvalue weighted by atomic mass is 35.6. The van der Waals surface area contributed by atoms with Crippen molar-refractivity contribution >= 4 is 52.1 Å². The predicted molar refractivity (Wildman–Crippen MR) is 116 cm³/mol. The minimum Gasteiger partial charge on any atom is -0.442 e. The van der Waals surface area contributed by atoms with Crippen molar-refractivity contribution in [3.8, 4) is 6.07 Å². The number of nitrogens with zero attached hydrogens (tertiary/aromatic N) is 1. The number of benzene rings is 2. The van der Waals surface area contributed by atoms with Crippen molar-refractivity contribution in [2.45, 2.75) is 30.2 Å². The molecule has 0 radical (unpaired) electrons. The van der Waals surface area contributed by atoms with Crippen LogP contribution >= 0.6 is 34.8 Å². The molecule has 29 heavy (non-hydrogen) atoms. The molecule has 0 bridgehead atoms. The van der Waals surface area contributed by atoms with E-state index in [0.717, 1.165) is 11.4 Å². The second kappa shape index (κ2) is 8.44. The molecular weight excluding hydrogens is 431 g/mol. The summed E-state index contributed by atoms with van der Waals surface area (Å²) in [4.78, 5) is 12.7. The number of carbonyl (C=O) groups excluding carboxylic acids is 1. The third-order valence-electron chi connectivity index (χ3n) is 5.36. The summed E-state index contributed by atoms with van der Waals surface area (Å²) < 4.78 is 4.11. The first-order chi connectivity index (χ1) is 13.6. The van der Waals surface area contributed by atoms with Gasteiger partial charge in [0.05, 0.1) is 5.92 Å². The summed E-state index contributed by atoms with van der Waals surface area (Å²) >= 11 is 17.7. The van der Waals surface area contributed by atoms with Crippen LogP contribution in [0.4, 0.5) is 11.4 Å². The van der Waals surface area contributed by atoms with E-state index in [1.54, 1.807) is 12.1 Å². The summed E-state index contributed by atoms with van der Waals surface area (Å²) in [7, 11) is 0. The quantitative estimate of drug-likeness (QED) is 0.398. The lowest BCUT2D eigenvalue weighted by Gasteiger charge is -2.14. The maximum atomic E-state index is 12.7. The molecule has 2 aromatic rings.